The number of fused-ring (bicyclic) bond motifs is 1. The van der Waals surface area contributed by atoms with Crippen molar-refractivity contribution in [1.82, 2.24) is 14.9 Å². The molecule has 2 N–H and O–H groups in total. The van der Waals surface area contributed by atoms with Gasteiger partial charge in [0, 0.05) is 31.1 Å². The van der Waals surface area contributed by atoms with Crippen molar-refractivity contribution in [1.29, 1.82) is 0 Å². The summed E-state index contributed by atoms with van der Waals surface area (Å²) in [6, 6.07) is 9.53. The van der Waals surface area contributed by atoms with Gasteiger partial charge < -0.3 is 10.6 Å². The minimum atomic E-state index is -3.59. The van der Waals surface area contributed by atoms with Crippen LogP contribution in [0.5, 0.6) is 0 Å². The fraction of sp³-hybridized carbons (Fsp3) is 0.389. The van der Waals surface area contributed by atoms with Crippen molar-refractivity contribution in [2.45, 2.75) is 30.1 Å². The maximum atomic E-state index is 12.9. The van der Waals surface area contributed by atoms with Gasteiger partial charge in [0.05, 0.1) is 5.56 Å². The number of nitrogens with one attached hydrogen (secondary N) is 2. The zero-order valence-corrected chi connectivity index (χ0v) is 16.5. The highest BCUT2D eigenvalue weighted by atomic mass is 32.2. The van der Waals surface area contributed by atoms with Crippen LogP contribution in [-0.2, 0) is 23.0 Å². The average molecular weight is 394 g/mol. The molecule has 2 aromatic rings. The first-order chi connectivity index (χ1) is 12.4. The lowest BCUT2D eigenvalue weighted by atomic mass is 10.0. The van der Waals surface area contributed by atoms with Crippen LogP contribution in [0.2, 0.25) is 0 Å². The van der Waals surface area contributed by atoms with Crippen LogP contribution < -0.4 is 10.6 Å². The van der Waals surface area contributed by atoms with E-state index in [0.29, 0.717) is 31.6 Å². The Morgan fingerprint density at radius 2 is 2.04 bits per heavy atom. The van der Waals surface area contributed by atoms with Gasteiger partial charge in [0.15, 0.2) is 0 Å². The Morgan fingerprint density at radius 3 is 2.77 bits per heavy atom. The van der Waals surface area contributed by atoms with Gasteiger partial charge in [-0.25, -0.2) is 8.42 Å². The summed E-state index contributed by atoms with van der Waals surface area (Å²) in [5, 5.41) is 7.44. The fourth-order valence-electron chi connectivity index (χ4n) is 2.82. The van der Waals surface area contributed by atoms with Crippen LogP contribution in [0, 0.1) is 0 Å². The third-order valence-electron chi connectivity index (χ3n) is 4.59. The highest BCUT2D eigenvalue weighted by Gasteiger charge is 2.30. The van der Waals surface area contributed by atoms with E-state index >= 15 is 0 Å². The number of rotatable bonds is 6. The molecule has 1 aliphatic rings. The lowest BCUT2D eigenvalue weighted by Crippen LogP contribution is -2.37. The van der Waals surface area contributed by atoms with Crippen molar-refractivity contribution >= 4 is 27.3 Å². The Balaban J connectivity index is 1.73. The lowest BCUT2D eigenvalue weighted by Gasteiger charge is -2.27. The largest absolute Gasteiger partial charge is 0.350 e. The maximum Gasteiger partial charge on any atom is 0.252 e. The van der Waals surface area contributed by atoms with E-state index < -0.39 is 10.0 Å². The number of carbonyl (C=O) groups is 1. The molecule has 1 aromatic carbocycles. The summed E-state index contributed by atoms with van der Waals surface area (Å²) in [5.41, 5.74) is 2.62. The lowest BCUT2D eigenvalue weighted by molar-refractivity contribution is 0.0951. The van der Waals surface area contributed by atoms with E-state index in [-0.39, 0.29) is 16.2 Å². The number of nitrogens with zero attached hydrogens (tertiary/aromatic N) is 1. The predicted molar refractivity (Wildman–Crippen MR) is 103 cm³/mol. The minimum absolute atomic E-state index is 0.147. The second kappa shape index (κ2) is 7.87. The number of likely N-dealkylation sites (N-methyl/N-ethyl adjacent to an activating group) is 1. The summed E-state index contributed by atoms with van der Waals surface area (Å²) < 4.78 is 27.6. The number of carbonyl (C=O) groups excluding carboxylic acids is 1. The topological polar surface area (TPSA) is 78.5 Å². The molecule has 140 valence electrons. The molecule has 0 saturated carbocycles. The normalized spacial score (nSPS) is 16.1. The second-order valence-electron chi connectivity index (χ2n) is 6.41. The van der Waals surface area contributed by atoms with E-state index in [2.05, 4.69) is 10.6 Å². The van der Waals surface area contributed by atoms with Crippen LogP contribution in [0.3, 0.4) is 0 Å². The van der Waals surface area contributed by atoms with Gasteiger partial charge in [0.1, 0.15) is 4.21 Å². The van der Waals surface area contributed by atoms with E-state index in [1.165, 1.54) is 15.9 Å². The molecule has 8 heteroatoms. The number of thiophene rings is 1. The van der Waals surface area contributed by atoms with E-state index in [4.69, 9.17) is 0 Å². The zero-order chi connectivity index (χ0) is 18.7. The molecule has 0 spiro atoms. The molecule has 3 rings (SSSR count). The van der Waals surface area contributed by atoms with E-state index in [1.807, 2.05) is 38.2 Å². The molecule has 1 aromatic heterocycles. The Bertz CT molecular complexity index is 893. The van der Waals surface area contributed by atoms with Crippen LogP contribution in [0.1, 0.15) is 28.4 Å². The number of benzene rings is 1. The molecule has 1 aliphatic heterocycles. The fourth-order valence-corrected chi connectivity index (χ4v) is 5.55. The van der Waals surface area contributed by atoms with Crippen molar-refractivity contribution in [3.8, 4) is 0 Å². The third kappa shape index (κ3) is 3.98. The SMILES string of the molecule is CNC(C)CNC(=O)c1csc(S(=O)(=O)N2CCc3ccccc3C2)c1. The molecular weight excluding hydrogens is 370 g/mol. The quantitative estimate of drug-likeness (QED) is 0.785. The number of sulfonamides is 1. The van der Waals surface area contributed by atoms with E-state index in [1.54, 1.807) is 5.38 Å². The monoisotopic (exact) mass is 393 g/mol. The Kier molecular flexibility index (Phi) is 5.76. The molecule has 6 nitrogen and oxygen atoms in total. The molecule has 0 saturated heterocycles. The zero-order valence-electron chi connectivity index (χ0n) is 14.9. The van der Waals surface area contributed by atoms with Gasteiger partial charge in [-0.15, -0.1) is 11.3 Å². The molecule has 1 unspecified atom stereocenters. The first kappa shape index (κ1) is 19.0. The standard InChI is InChI=1S/C18H23N3O3S2/c1-13(19-2)10-20-18(22)16-9-17(25-12-16)26(23,24)21-8-7-14-5-3-4-6-15(14)11-21/h3-6,9,12-13,19H,7-8,10-11H2,1-2H3,(H,20,22). The van der Waals surface area contributed by atoms with E-state index in [0.717, 1.165) is 16.9 Å². The van der Waals surface area contributed by atoms with Crippen LogP contribution >= 0.6 is 11.3 Å². The summed E-state index contributed by atoms with van der Waals surface area (Å²) in [6.07, 6.45) is 0.704. The van der Waals surface area contributed by atoms with Gasteiger partial charge in [-0.2, -0.15) is 4.31 Å². The molecule has 0 radical (unpaired) electrons. The highest BCUT2D eigenvalue weighted by molar-refractivity contribution is 7.91. The van der Waals surface area contributed by atoms with Gasteiger partial charge in [-0.3, -0.25) is 4.79 Å². The smallest absolute Gasteiger partial charge is 0.252 e. The van der Waals surface area contributed by atoms with Gasteiger partial charge in [0.25, 0.3) is 15.9 Å². The number of hydrogen-bond acceptors (Lipinski definition) is 5. The summed E-state index contributed by atoms with van der Waals surface area (Å²) >= 11 is 1.09. The molecular formula is C18H23N3O3S2. The molecule has 0 bridgehead atoms. The number of hydrogen-bond donors (Lipinski definition) is 2. The summed E-state index contributed by atoms with van der Waals surface area (Å²) in [4.78, 5) is 12.2. The molecule has 2 heterocycles. The van der Waals surface area contributed by atoms with Gasteiger partial charge >= 0.3 is 0 Å². The van der Waals surface area contributed by atoms with Crippen LogP contribution in [-0.4, -0.2) is 44.8 Å². The summed E-state index contributed by atoms with van der Waals surface area (Å²) in [5.74, 6) is -0.256. The minimum Gasteiger partial charge on any atom is -0.350 e. The molecule has 0 aliphatic carbocycles. The second-order valence-corrected chi connectivity index (χ2v) is 9.49. The van der Waals surface area contributed by atoms with Crippen molar-refractivity contribution in [3.63, 3.8) is 0 Å². The Hall–Kier alpha value is -1.74. The molecule has 0 fully saturated rings. The van der Waals surface area contributed by atoms with Crippen molar-refractivity contribution in [2.24, 2.45) is 0 Å². The number of amides is 1. The summed E-state index contributed by atoms with van der Waals surface area (Å²) in [7, 11) is -1.77. The van der Waals surface area contributed by atoms with Crippen LogP contribution in [0.15, 0.2) is 39.9 Å². The van der Waals surface area contributed by atoms with Gasteiger partial charge in [0.2, 0.25) is 0 Å². The van der Waals surface area contributed by atoms with Gasteiger partial charge in [-0.05, 0) is 37.6 Å². The molecule has 1 atom stereocenters. The third-order valence-corrected chi connectivity index (χ3v) is 7.85. The first-order valence-electron chi connectivity index (χ1n) is 8.52. The van der Waals surface area contributed by atoms with Crippen LogP contribution in [0.4, 0.5) is 0 Å². The van der Waals surface area contributed by atoms with E-state index in [9.17, 15) is 13.2 Å². The average Bonchev–Trinajstić information content (AvgIpc) is 3.16. The van der Waals surface area contributed by atoms with Crippen molar-refractivity contribution in [2.75, 3.05) is 20.1 Å². The highest BCUT2D eigenvalue weighted by Crippen LogP contribution is 2.28. The maximum absolute atomic E-state index is 12.9. The first-order valence-corrected chi connectivity index (χ1v) is 10.8. The van der Waals surface area contributed by atoms with Crippen LogP contribution in [0.25, 0.3) is 0 Å². The van der Waals surface area contributed by atoms with Crippen molar-refractivity contribution < 1.29 is 13.2 Å². The predicted octanol–water partition coefficient (Wildman–Crippen LogP) is 1.83. The summed E-state index contributed by atoms with van der Waals surface area (Å²) in [6.45, 7) is 3.27. The van der Waals surface area contributed by atoms with Crippen molar-refractivity contribution in [3.05, 3.63) is 52.4 Å². The Labute approximate surface area is 158 Å². The molecule has 26 heavy (non-hydrogen) atoms. The Morgan fingerprint density at radius 1 is 1.31 bits per heavy atom. The van der Waals surface area contributed by atoms with Gasteiger partial charge in [-0.1, -0.05) is 24.3 Å². The molecule has 1 amide bonds.